The molecule has 0 unspecified atom stereocenters. The average molecular weight is 354 g/mol. The summed E-state index contributed by atoms with van der Waals surface area (Å²) in [6.07, 6.45) is 0. The van der Waals surface area contributed by atoms with Crippen molar-refractivity contribution in [1.82, 2.24) is 4.31 Å². The van der Waals surface area contributed by atoms with Crippen molar-refractivity contribution in [3.8, 4) is 0 Å². The van der Waals surface area contributed by atoms with Gasteiger partial charge >= 0.3 is 0 Å². The van der Waals surface area contributed by atoms with Crippen LogP contribution in [0.1, 0.15) is 5.56 Å². The number of hydrogen-bond donors (Lipinski definition) is 1. The first-order valence-electron chi connectivity index (χ1n) is 6.98. The van der Waals surface area contributed by atoms with E-state index in [0.29, 0.717) is 11.8 Å². The Morgan fingerprint density at radius 2 is 1.71 bits per heavy atom. The van der Waals surface area contributed by atoms with Crippen LogP contribution in [0.3, 0.4) is 0 Å². The molecule has 2 aromatic carbocycles. The van der Waals surface area contributed by atoms with Crippen LogP contribution >= 0.6 is 0 Å². The Bertz CT molecular complexity index is 852. The molecule has 5 nitrogen and oxygen atoms in total. The Balaban J connectivity index is 2.09. The van der Waals surface area contributed by atoms with Gasteiger partial charge in [-0.15, -0.1) is 0 Å². The van der Waals surface area contributed by atoms with Crippen molar-refractivity contribution in [1.29, 1.82) is 0 Å². The fraction of sp³-hybridized carbons (Fsp3) is 0.188. The fourth-order valence-corrected chi connectivity index (χ4v) is 3.08. The molecule has 0 saturated heterocycles. The number of carbonyl (C=O) groups is 1. The summed E-state index contributed by atoms with van der Waals surface area (Å²) in [6, 6.07) is 9.24. The lowest BCUT2D eigenvalue weighted by Gasteiger charge is -2.17. The van der Waals surface area contributed by atoms with Crippen molar-refractivity contribution in [3.05, 3.63) is 59.7 Å². The van der Waals surface area contributed by atoms with E-state index in [1.807, 2.05) is 6.92 Å². The normalized spacial score (nSPS) is 11.5. The van der Waals surface area contributed by atoms with Crippen LogP contribution in [-0.4, -0.2) is 32.2 Å². The minimum atomic E-state index is -4.11. The van der Waals surface area contributed by atoms with Gasteiger partial charge < -0.3 is 5.32 Å². The molecule has 0 saturated carbocycles. The highest BCUT2D eigenvalue weighted by atomic mass is 32.2. The van der Waals surface area contributed by atoms with E-state index in [4.69, 9.17) is 0 Å². The number of aryl methyl sites for hydroxylation is 1. The number of rotatable bonds is 5. The summed E-state index contributed by atoms with van der Waals surface area (Å²) in [5.74, 6) is -2.96. The molecular weight excluding hydrogens is 338 g/mol. The fourth-order valence-electron chi connectivity index (χ4n) is 1.94. The maximum atomic E-state index is 13.2. The van der Waals surface area contributed by atoms with Gasteiger partial charge in [0.2, 0.25) is 15.9 Å². The number of benzene rings is 2. The summed E-state index contributed by atoms with van der Waals surface area (Å²) in [6.45, 7) is 1.43. The molecule has 0 aliphatic heterocycles. The molecule has 0 aliphatic carbocycles. The highest BCUT2D eigenvalue weighted by molar-refractivity contribution is 7.89. The number of likely N-dealkylation sites (N-methyl/N-ethyl adjacent to an activating group) is 1. The second kappa shape index (κ2) is 7.06. The van der Waals surface area contributed by atoms with Crippen LogP contribution in [0, 0.1) is 18.6 Å². The van der Waals surface area contributed by atoms with E-state index in [-0.39, 0.29) is 0 Å². The molecule has 2 aromatic rings. The minimum absolute atomic E-state index is 0.424. The summed E-state index contributed by atoms with van der Waals surface area (Å²) >= 11 is 0. The van der Waals surface area contributed by atoms with Gasteiger partial charge in [-0.25, -0.2) is 17.2 Å². The van der Waals surface area contributed by atoms with E-state index in [0.717, 1.165) is 22.0 Å². The molecule has 1 N–H and O–H groups in total. The molecule has 0 atom stereocenters. The Kier molecular flexibility index (Phi) is 5.30. The van der Waals surface area contributed by atoms with Gasteiger partial charge in [-0.3, -0.25) is 4.79 Å². The number of hydrogen-bond acceptors (Lipinski definition) is 3. The predicted molar refractivity (Wildman–Crippen MR) is 86.0 cm³/mol. The van der Waals surface area contributed by atoms with E-state index >= 15 is 0 Å². The van der Waals surface area contributed by atoms with Gasteiger partial charge in [0.25, 0.3) is 0 Å². The quantitative estimate of drug-likeness (QED) is 0.897. The SMILES string of the molecule is Cc1ccc(NC(=O)CN(C)S(=O)(=O)c2ccc(F)c(F)c2)cc1. The second-order valence-corrected chi connectivity index (χ2v) is 7.30. The molecule has 0 aromatic heterocycles. The molecule has 0 radical (unpaired) electrons. The number of halogens is 2. The Morgan fingerprint density at radius 1 is 1.08 bits per heavy atom. The first kappa shape index (κ1) is 18.0. The number of sulfonamides is 1. The van der Waals surface area contributed by atoms with E-state index < -0.39 is 39.0 Å². The molecule has 128 valence electrons. The summed E-state index contributed by atoms with van der Waals surface area (Å²) in [5, 5.41) is 2.56. The maximum absolute atomic E-state index is 13.2. The van der Waals surface area contributed by atoms with Crippen molar-refractivity contribution in [2.75, 3.05) is 18.9 Å². The number of nitrogens with one attached hydrogen (secondary N) is 1. The summed E-state index contributed by atoms with van der Waals surface area (Å²) < 4.78 is 51.5. The number of amides is 1. The van der Waals surface area contributed by atoms with Crippen LogP contribution in [-0.2, 0) is 14.8 Å². The topological polar surface area (TPSA) is 66.5 Å². The third kappa shape index (κ3) is 4.15. The summed E-state index contributed by atoms with van der Waals surface area (Å²) in [4.78, 5) is 11.5. The van der Waals surface area contributed by atoms with Crippen LogP contribution in [0.2, 0.25) is 0 Å². The van der Waals surface area contributed by atoms with E-state index in [9.17, 15) is 22.0 Å². The van der Waals surface area contributed by atoms with Crippen molar-refractivity contribution >= 4 is 21.6 Å². The summed E-state index contributed by atoms with van der Waals surface area (Å²) in [7, 11) is -2.92. The zero-order valence-corrected chi connectivity index (χ0v) is 13.9. The number of anilines is 1. The van der Waals surface area contributed by atoms with Crippen molar-refractivity contribution in [3.63, 3.8) is 0 Å². The highest BCUT2D eigenvalue weighted by Gasteiger charge is 2.24. The molecule has 0 bridgehead atoms. The highest BCUT2D eigenvalue weighted by Crippen LogP contribution is 2.17. The Hall–Kier alpha value is -2.32. The third-order valence-electron chi connectivity index (χ3n) is 3.30. The van der Waals surface area contributed by atoms with Gasteiger partial charge in [-0.1, -0.05) is 17.7 Å². The lowest BCUT2D eigenvalue weighted by atomic mass is 10.2. The van der Waals surface area contributed by atoms with E-state index in [1.54, 1.807) is 24.3 Å². The Morgan fingerprint density at radius 3 is 2.29 bits per heavy atom. The lowest BCUT2D eigenvalue weighted by Crippen LogP contribution is -2.35. The van der Waals surface area contributed by atoms with Gasteiger partial charge in [-0.2, -0.15) is 4.31 Å². The van der Waals surface area contributed by atoms with Crippen molar-refractivity contribution < 1.29 is 22.0 Å². The smallest absolute Gasteiger partial charge is 0.243 e. The predicted octanol–water partition coefficient (Wildman–Crippen LogP) is 2.53. The largest absolute Gasteiger partial charge is 0.325 e. The molecule has 0 heterocycles. The third-order valence-corrected chi connectivity index (χ3v) is 5.10. The second-order valence-electron chi connectivity index (χ2n) is 5.25. The van der Waals surface area contributed by atoms with E-state index in [1.165, 1.54) is 7.05 Å². The summed E-state index contributed by atoms with van der Waals surface area (Å²) in [5.41, 5.74) is 1.55. The van der Waals surface area contributed by atoms with Crippen LogP contribution in [0.15, 0.2) is 47.4 Å². The van der Waals surface area contributed by atoms with Crippen LogP contribution in [0.5, 0.6) is 0 Å². The zero-order chi connectivity index (χ0) is 17.9. The van der Waals surface area contributed by atoms with Gasteiger partial charge in [-0.05, 0) is 37.3 Å². The minimum Gasteiger partial charge on any atom is -0.325 e. The molecular formula is C16H16F2N2O3S. The van der Waals surface area contributed by atoms with E-state index in [2.05, 4.69) is 5.32 Å². The van der Waals surface area contributed by atoms with Crippen molar-refractivity contribution in [2.45, 2.75) is 11.8 Å². The molecule has 0 fully saturated rings. The maximum Gasteiger partial charge on any atom is 0.243 e. The van der Waals surface area contributed by atoms with Crippen LogP contribution in [0.4, 0.5) is 14.5 Å². The number of nitrogens with zero attached hydrogens (tertiary/aromatic N) is 1. The monoisotopic (exact) mass is 354 g/mol. The van der Waals surface area contributed by atoms with Crippen LogP contribution in [0.25, 0.3) is 0 Å². The molecule has 1 amide bonds. The van der Waals surface area contributed by atoms with Crippen molar-refractivity contribution in [2.24, 2.45) is 0 Å². The molecule has 8 heteroatoms. The van der Waals surface area contributed by atoms with Crippen LogP contribution < -0.4 is 5.32 Å². The van der Waals surface area contributed by atoms with Gasteiger partial charge in [0.1, 0.15) is 0 Å². The molecule has 2 rings (SSSR count). The van der Waals surface area contributed by atoms with Gasteiger partial charge in [0.15, 0.2) is 11.6 Å². The number of carbonyl (C=O) groups excluding carboxylic acids is 1. The average Bonchev–Trinajstić information content (AvgIpc) is 2.52. The molecule has 0 spiro atoms. The first-order chi connectivity index (χ1) is 11.2. The standard InChI is InChI=1S/C16H16F2N2O3S/c1-11-3-5-12(6-4-11)19-16(21)10-20(2)24(22,23)13-7-8-14(17)15(18)9-13/h3-9H,10H2,1-2H3,(H,19,21). The van der Waals surface area contributed by atoms with Gasteiger partial charge in [0.05, 0.1) is 11.4 Å². The lowest BCUT2D eigenvalue weighted by molar-refractivity contribution is -0.116. The van der Waals surface area contributed by atoms with Gasteiger partial charge in [0, 0.05) is 12.7 Å². The Labute approximate surface area is 139 Å². The molecule has 0 aliphatic rings. The zero-order valence-electron chi connectivity index (χ0n) is 13.1. The first-order valence-corrected chi connectivity index (χ1v) is 8.42. The molecule has 24 heavy (non-hydrogen) atoms.